The number of benzene rings is 1. The number of hydrogen-bond donors (Lipinski definition) is 1. The number of likely N-dealkylation sites (tertiary alicyclic amines) is 1. The molecule has 1 saturated heterocycles. The molecule has 1 aliphatic heterocycles. The molecule has 0 bridgehead atoms. The van der Waals surface area contributed by atoms with Crippen molar-refractivity contribution in [1.82, 2.24) is 10.2 Å². The first-order valence-electron chi connectivity index (χ1n) is 11.3. The van der Waals surface area contributed by atoms with E-state index in [1.165, 1.54) is 70.1 Å². The van der Waals surface area contributed by atoms with Crippen LogP contribution in [0.4, 0.5) is 0 Å². The zero-order valence-corrected chi connectivity index (χ0v) is 16.8. The van der Waals surface area contributed by atoms with Crippen LogP contribution < -0.4 is 5.32 Å². The van der Waals surface area contributed by atoms with Gasteiger partial charge in [-0.2, -0.15) is 0 Å². The van der Waals surface area contributed by atoms with Crippen molar-refractivity contribution in [3.8, 4) is 0 Å². The fourth-order valence-corrected chi connectivity index (χ4v) is 5.46. The number of nitrogens with zero attached hydrogens (tertiary/aromatic N) is 1. The Morgan fingerprint density at radius 1 is 1.07 bits per heavy atom. The Bertz CT molecular complexity index is 600. The molecule has 0 aromatic heterocycles. The minimum Gasteiger partial charge on any atom is -0.356 e. The van der Waals surface area contributed by atoms with E-state index in [0.29, 0.717) is 17.2 Å². The van der Waals surface area contributed by atoms with Crippen LogP contribution in [0.3, 0.4) is 0 Å². The highest BCUT2D eigenvalue weighted by Gasteiger charge is 2.58. The van der Waals surface area contributed by atoms with Crippen LogP contribution in [0.15, 0.2) is 30.3 Å². The van der Waals surface area contributed by atoms with E-state index in [1.807, 2.05) is 0 Å². The maximum Gasteiger partial charge on any atom is 0.223 e. The quantitative estimate of drug-likeness (QED) is 0.723. The Kier molecular flexibility index (Phi) is 6.17. The molecule has 148 valence electrons. The van der Waals surface area contributed by atoms with E-state index in [-0.39, 0.29) is 0 Å². The molecule has 0 unspecified atom stereocenters. The predicted molar refractivity (Wildman–Crippen MR) is 111 cm³/mol. The van der Waals surface area contributed by atoms with E-state index in [9.17, 15) is 4.79 Å². The number of aryl methyl sites for hydroxylation is 1. The van der Waals surface area contributed by atoms with Gasteiger partial charge in [0.15, 0.2) is 0 Å². The van der Waals surface area contributed by atoms with Gasteiger partial charge < -0.3 is 10.2 Å². The van der Waals surface area contributed by atoms with Crippen LogP contribution >= 0.6 is 0 Å². The average molecular weight is 369 g/mol. The first kappa shape index (κ1) is 19.0. The summed E-state index contributed by atoms with van der Waals surface area (Å²) in [7, 11) is 0. The molecule has 1 spiro atoms. The van der Waals surface area contributed by atoms with Crippen LogP contribution in [0.2, 0.25) is 0 Å². The number of carbonyl (C=O) groups excluding carboxylic acids is 1. The number of hydrogen-bond acceptors (Lipinski definition) is 2. The highest BCUT2D eigenvalue weighted by atomic mass is 16.2. The molecule has 2 saturated carbocycles. The summed E-state index contributed by atoms with van der Waals surface area (Å²) in [4.78, 5) is 15.3. The lowest BCUT2D eigenvalue weighted by atomic mass is 9.86. The summed E-state index contributed by atoms with van der Waals surface area (Å²) >= 11 is 0. The number of amides is 1. The van der Waals surface area contributed by atoms with E-state index < -0.39 is 0 Å². The molecule has 3 aliphatic rings. The molecule has 1 aromatic rings. The minimum absolute atomic E-state index is 0.297. The molecule has 3 nitrogen and oxygen atoms in total. The van der Waals surface area contributed by atoms with E-state index in [4.69, 9.17) is 0 Å². The third-order valence-electron chi connectivity index (χ3n) is 7.38. The van der Waals surface area contributed by atoms with Gasteiger partial charge in [-0.1, -0.05) is 49.6 Å². The lowest BCUT2D eigenvalue weighted by Gasteiger charge is -2.36. The van der Waals surface area contributed by atoms with Crippen LogP contribution in [0.25, 0.3) is 0 Å². The van der Waals surface area contributed by atoms with E-state index in [2.05, 4.69) is 40.5 Å². The standard InChI is InChI=1S/C24H36N2O/c27-23(25-15-7-12-20-8-3-1-4-9-20)22-18-24(22)13-16-26(17-14-24)19-21-10-5-2-6-11-21/h1,3-4,8-9,21-22H,2,5-7,10-19H2,(H,25,27)/t22-/m1/s1. The van der Waals surface area contributed by atoms with Crippen molar-refractivity contribution in [2.45, 2.75) is 64.2 Å². The Morgan fingerprint density at radius 2 is 1.81 bits per heavy atom. The van der Waals surface area contributed by atoms with Gasteiger partial charge >= 0.3 is 0 Å². The van der Waals surface area contributed by atoms with Crippen LogP contribution in [0.5, 0.6) is 0 Å². The van der Waals surface area contributed by atoms with Gasteiger partial charge in [0.25, 0.3) is 0 Å². The normalized spacial score (nSPS) is 25.4. The largest absolute Gasteiger partial charge is 0.356 e. The molecule has 0 radical (unpaired) electrons. The SMILES string of the molecule is O=C(NCCCc1ccccc1)[C@H]1CC12CCN(CC1CCCCC1)CC2. The molecule has 1 N–H and O–H groups in total. The number of piperidine rings is 1. The van der Waals surface area contributed by atoms with Gasteiger partial charge in [0.1, 0.15) is 0 Å². The molecule has 1 heterocycles. The van der Waals surface area contributed by atoms with E-state index in [1.54, 1.807) is 0 Å². The first-order valence-corrected chi connectivity index (χ1v) is 11.3. The molecular formula is C24H36N2O. The van der Waals surface area contributed by atoms with Crippen LogP contribution in [0.1, 0.15) is 63.4 Å². The van der Waals surface area contributed by atoms with Gasteiger partial charge in [-0.15, -0.1) is 0 Å². The summed E-state index contributed by atoms with van der Waals surface area (Å²) in [5, 5.41) is 3.21. The maximum atomic E-state index is 12.6. The van der Waals surface area contributed by atoms with E-state index >= 15 is 0 Å². The van der Waals surface area contributed by atoms with Crippen molar-refractivity contribution in [3.63, 3.8) is 0 Å². The summed E-state index contributed by atoms with van der Waals surface area (Å²) in [5.41, 5.74) is 1.71. The van der Waals surface area contributed by atoms with Gasteiger partial charge in [0.2, 0.25) is 5.91 Å². The van der Waals surface area contributed by atoms with Gasteiger partial charge in [0, 0.05) is 19.0 Å². The zero-order valence-electron chi connectivity index (χ0n) is 16.8. The van der Waals surface area contributed by atoms with Gasteiger partial charge in [-0.3, -0.25) is 4.79 Å². The molecule has 1 amide bonds. The fraction of sp³-hybridized carbons (Fsp3) is 0.708. The zero-order chi connectivity index (χ0) is 18.5. The number of carbonyl (C=O) groups is 1. The Hall–Kier alpha value is -1.35. The second-order valence-electron chi connectivity index (χ2n) is 9.30. The van der Waals surface area contributed by atoms with Gasteiger partial charge in [-0.05, 0) is 74.9 Å². The maximum absolute atomic E-state index is 12.6. The highest BCUT2D eigenvalue weighted by molar-refractivity contribution is 5.82. The molecule has 3 heteroatoms. The third kappa shape index (κ3) is 4.93. The van der Waals surface area contributed by atoms with E-state index in [0.717, 1.165) is 31.7 Å². The highest BCUT2D eigenvalue weighted by Crippen LogP contribution is 2.59. The minimum atomic E-state index is 0.297. The average Bonchev–Trinajstić information content (AvgIpc) is 3.42. The second-order valence-corrected chi connectivity index (χ2v) is 9.30. The van der Waals surface area contributed by atoms with Crippen LogP contribution in [0, 0.1) is 17.3 Å². The van der Waals surface area contributed by atoms with Crippen molar-refractivity contribution in [2.75, 3.05) is 26.2 Å². The monoisotopic (exact) mass is 368 g/mol. The van der Waals surface area contributed by atoms with Crippen LogP contribution in [-0.4, -0.2) is 37.0 Å². The summed E-state index contributed by atoms with van der Waals surface area (Å²) < 4.78 is 0. The van der Waals surface area contributed by atoms with Gasteiger partial charge in [0.05, 0.1) is 0 Å². The van der Waals surface area contributed by atoms with Crippen LogP contribution in [-0.2, 0) is 11.2 Å². The molecule has 1 atom stereocenters. The third-order valence-corrected chi connectivity index (χ3v) is 7.38. The molecule has 3 fully saturated rings. The summed E-state index contributed by atoms with van der Waals surface area (Å²) in [6.45, 7) is 4.56. The Morgan fingerprint density at radius 3 is 2.56 bits per heavy atom. The molecule has 1 aromatic carbocycles. The van der Waals surface area contributed by atoms with Crippen molar-refractivity contribution in [1.29, 1.82) is 0 Å². The topological polar surface area (TPSA) is 32.3 Å². The van der Waals surface area contributed by atoms with Crippen molar-refractivity contribution in [3.05, 3.63) is 35.9 Å². The number of rotatable bonds is 7. The summed E-state index contributed by atoms with van der Waals surface area (Å²) in [6.07, 6.45) is 12.9. The van der Waals surface area contributed by atoms with Crippen molar-refractivity contribution < 1.29 is 4.79 Å². The molecular weight excluding hydrogens is 332 g/mol. The molecule has 4 rings (SSSR count). The lowest BCUT2D eigenvalue weighted by molar-refractivity contribution is -0.123. The van der Waals surface area contributed by atoms with Crippen molar-refractivity contribution in [2.24, 2.45) is 17.3 Å². The fourth-order valence-electron chi connectivity index (χ4n) is 5.46. The van der Waals surface area contributed by atoms with Crippen molar-refractivity contribution >= 4 is 5.91 Å². The smallest absolute Gasteiger partial charge is 0.223 e. The lowest BCUT2D eigenvalue weighted by Crippen LogP contribution is -2.40. The Labute approximate surface area is 164 Å². The molecule has 2 aliphatic carbocycles. The number of nitrogens with one attached hydrogen (secondary N) is 1. The first-order chi connectivity index (χ1) is 13.3. The van der Waals surface area contributed by atoms with Gasteiger partial charge in [-0.25, -0.2) is 0 Å². The summed E-state index contributed by atoms with van der Waals surface area (Å²) in [5.74, 6) is 1.56. The Balaban J connectivity index is 1.13. The second kappa shape index (κ2) is 8.77. The predicted octanol–water partition coefficient (Wildman–Crippen LogP) is 4.42. The summed E-state index contributed by atoms with van der Waals surface area (Å²) in [6, 6.07) is 10.6. The molecule has 27 heavy (non-hydrogen) atoms.